The van der Waals surface area contributed by atoms with E-state index in [1.807, 2.05) is 0 Å². The minimum absolute atomic E-state index is 0.239. The van der Waals surface area contributed by atoms with Crippen LogP contribution in [0.3, 0.4) is 0 Å². The minimum atomic E-state index is -0.324. The van der Waals surface area contributed by atoms with Crippen molar-refractivity contribution in [3.05, 3.63) is 33.1 Å². The van der Waals surface area contributed by atoms with Crippen molar-refractivity contribution < 1.29 is 9.47 Å². The van der Waals surface area contributed by atoms with Gasteiger partial charge in [0.05, 0.1) is 13.2 Å². The first-order valence-corrected chi connectivity index (χ1v) is 6.27. The van der Waals surface area contributed by atoms with Gasteiger partial charge in [0, 0.05) is 45.6 Å². The standard InChI is InChI=1S/C12H21N3O4/c1-18-9-10-19-8-2-5-14-6-3-11(16)15(7-4-13)12(14)17/h3,6H,2,4-5,7-10,13H2,1H3. The van der Waals surface area contributed by atoms with Crippen LogP contribution in [0, 0.1) is 0 Å². The number of hydrogen-bond acceptors (Lipinski definition) is 5. The Morgan fingerprint density at radius 2 is 2.00 bits per heavy atom. The largest absolute Gasteiger partial charge is 0.382 e. The first-order chi connectivity index (χ1) is 9.20. The number of aromatic nitrogens is 2. The van der Waals surface area contributed by atoms with E-state index >= 15 is 0 Å². The highest BCUT2D eigenvalue weighted by Gasteiger charge is 2.03. The van der Waals surface area contributed by atoms with Crippen LogP contribution in [0.1, 0.15) is 6.42 Å². The molecular formula is C12H21N3O4. The molecule has 1 aromatic heterocycles. The fraction of sp³-hybridized carbons (Fsp3) is 0.667. The highest BCUT2D eigenvalue weighted by atomic mass is 16.5. The van der Waals surface area contributed by atoms with Gasteiger partial charge in [0.15, 0.2) is 0 Å². The van der Waals surface area contributed by atoms with Crippen LogP contribution in [0.4, 0.5) is 0 Å². The van der Waals surface area contributed by atoms with Crippen molar-refractivity contribution in [3.63, 3.8) is 0 Å². The Balaban J connectivity index is 2.52. The van der Waals surface area contributed by atoms with E-state index in [1.54, 1.807) is 7.11 Å². The zero-order valence-corrected chi connectivity index (χ0v) is 11.2. The lowest BCUT2D eigenvalue weighted by molar-refractivity contribution is 0.0678. The number of ether oxygens (including phenoxy) is 2. The van der Waals surface area contributed by atoms with Gasteiger partial charge in [-0.2, -0.15) is 0 Å². The molecule has 0 aliphatic carbocycles. The van der Waals surface area contributed by atoms with Crippen LogP contribution in [0.2, 0.25) is 0 Å². The molecule has 0 spiro atoms. The fourth-order valence-electron chi connectivity index (χ4n) is 1.64. The van der Waals surface area contributed by atoms with Crippen LogP contribution < -0.4 is 17.0 Å². The lowest BCUT2D eigenvalue weighted by Gasteiger charge is -2.09. The molecule has 7 nitrogen and oxygen atoms in total. The Bertz CT molecular complexity index is 481. The maximum absolute atomic E-state index is 12.0. The Morgan fingerprint density at radius 1 is 1.21 bits per heavy atom. The van der Waals surface area contributed by atoms with Crippen molar-refractivity contribution in [2.75, 3.05) is 33.5 Å². The maximum Gasteiger partial charge on any atom is 0.331 e. The molecule has 19 heavy (non-hydrogen) atoms. The number of rotatable bonds is 9. The van der Waals surface area contributed by atoms with Gasteiger partial charge in [0.25, 0.3) is 5.56 Å². The topological polar surface area (TPSA) is 88.5 Å². The summed E-state index contributed by atoms with van der Waals surface area (Å²) in [6.45, 7) is 2.66. The van der Waals surface area contributed by atoms with Crippen molar-refractivity contribution in [2.24, 2.45) is 5.73 Å². The smallest absolute Gasteiger partial charge is 0.331 e. The third-order valence-corrected chi connectivity index (χ3v) is 2.61. The predicted octanol–water partition coefficient (Wildman–Crippen LogP) is -0.978. The molecule has 1 aromatic rings. The highest BCUT2D eigenvalue weighted by Crippen LogP contribution is 1.88. The predicted molar refractivity (Wildman–Crippen MR) is 71.3 cm³/mol. The summed E-state index contributed by atoms with van der Waals surface area (Å²) in [4.78, 5) is 23.4. The summed E-state index contributed by atoms with van der Waals surface area (Å²) in [5, 5.41) is 0. The van der Waals surface area contributed by atoms with Crippen molar-refractivity contribution in [1.82, 2.24) is 9.13 Å². The van der Waals surface area contributed by atoms with Crippen molar-refractivity contribution in [3.8, 4) is 0 Å². The molecule has 1 heterocycles. The van der Waals surface area contributed by atoms with Gasteiger partial charge in [0.2, 0.25) is 0 Å². The van der Waals surface area contributed by atoms with E-state index in [0.29, 0.717) is 32.8 Å². The van der Waals surface area contributed by atoms with Crippen LogP contribution in [-0.2, 0) is 22.6 Å². The Kier molecular flexibility index (Phi) is 7.09. The molecule has 2 N–H and O–H groups in total. The van der Waals surface area contributed by atoms with Gasteiger partial charge in [0.1, 0.15) is 0 Å². The highest BCUT2D eigenvalue weighted by molar-refractivity contribution is 4.86. The second kappa shape index (κ2) is 8.63. The average molecular weight is 271 g/mol. The van der Waals surface area contributed by atoms with E-state index in [0.717, 1.165) is 4.57 Å². The second-order valence-corrected chi connectivity index (χ2v) is 4.03. The third-order valence-electron chi connectivity index (χ3n) is 2.61. The van der Waals surface area contributed by atoms with Gasteiger partial charge >= 0.3 is 5.69 Å². The molecule has 0 atom stereocenters. The van der Waals surface area contributed by atoms with Crippen molar-refractivity contribution in [2.45, 2.75) is 19.5 Å². The number of methoxy groups -OCH3 is 1. The zero-order chi connectivity index (χ0) is 14.1. The van der Waals surface area contributed by atoms with Gasteiger partial charge in [-0.15, -0.1) is 0 Å². The Morgan fingerprint density at radius 3 is 2.68 bits per heavy atom. The summed E-state index contributed by atoms with van der Waals surface area (Å²) in [6, 6.07) is 1.38. The van der Waals surface area contributed by atoms with E-state index in [4.69, 9.17) is 15.2 Å². The molecule has 0 fully saturated rings. The van der Waals surface area contributed by atoms with Crippen LogP contribution in [0.5, 0.6) is 0 Å². The van der Waals surface area contributed by atoms with Gasteiger partial charge in [-0.25, -0.2) is 4.79 Å². The fourth-order valence-corrected chi connectivity index (χ4v) is 1.64. The van der Waals surface area contributed by atoms with E-state index < -0.39 is 0 Å². The van der Waals surface area contributed by atoms with E-state index in [9.17, 15) is 9.59 Å². The first-order valence-electron chi connectivity index (χ1n) is 6.27. The number of nitrogens with zero attached hydrogens (tertiary/aromatic N) is 2. The molecule has 7 heteroatoms. The molecule has 0 aromatic carbocycles. The molecule has 108 valence electrons. The van der Waals surface area contributed by atoms with Gasteiger partial charge in [-0.1, -0.05) is 0 Å². The molecule has 0 aliphatic rings. The molecule has 0 radical (unpaired) electrons. The van der Waals surface area contributed by atoms with E-state index in [1.165, 1.54) is 16.8 Å². The van der Waals surface area contributed by atoms with Gasteiger partial charge < -0.3 is 19.8 Å². The van der Waals surface area contributed by atoms with E-state index in [2.05, 4.69) is 0 Å². The molecule has 0 bridgehead atoms. The van der Waals surface area contributed by atoms with E-state index in [-0.39, 0.29) is 24.3 Å². The number of nitrogens with two attached hydrogens (primary N) is 1. The summed E-state index contributed by atoms with van der Waals surface area (Å²) < 4.78 is 12.8. The third kappa shape index (κ3) is 4.98. The first kappa shape index (κ1) is 15.6. The second-order valence-electron chi connectivity index (χ2n) is 4.03. The normalized spacial score (nSPS) is 10.8. The summed E-state index contributed by atoms with van der Waals surface area (Å²) in [7, 11) is 1.61. The van der Waals surface area contributed by atoms with Crippen molar-refractivity contribution in [1.29, 1.82) is 0 Å². The number of aryl methyl sites for hydroxylation is 1. The minimum Gasteiger partial charge on any atom is -0.382 e. The van der Waals surface area contributed by atoms with Crippen LogP contribution >= 0.6 is 0 Å². The molecule has 0 unspecified atom stereocenters. The monoisotopic (exact) mass is 271 g/mol. The summed E-state index contributed by atoms with van der Waals surface area (Å²) in [5.74, 6) is 0. The zero-order valence-electron chi connectivity index (χ0n) is 11.2. The summed E-state index contributed by atoms with van der Waals surface area (Å²) >= 11 is 0. The summed E-state index contributed by atoms with van der Waals surface area (Å²) in [5.41, 5.74) is 4.74. The molecule has 0 aliphatic heterocycles. The average Bonchev–Trinajstić information content (AvgIpc) is 2.41. The quantitative estimate of drug-likeness (QED) is 0.583. The van der Waals surface area contributed by atoms with Gasteiger partial charge in [-0.05, 0) is 6.42 Å². The molecule has 0 amide bonds. The van der Waals surface area contributed by atoms with Crippen LogP contribution in [0.25, 0.3) is 0 Å². The lowest BCUT2D eigenvalue weighted by atomic mass is 10.4. The summed E-state index contributed by atoms with van der Waals surface area (Å²) in [6.07, 6.45) is 2.21. The molecule has 0 saturated heterocycles. The maximum atomic E-state index is 12.0. The molecule has 1 rings (SSSR count). The Labute approximate surface area is 111 Å². The molecular weight excluding hydrogens is 250 g/mol. The lowest BCUT2D eigenvalue weighted by Crippen LogP contribution is -2.40. The Hall–Kier alpha value is -1.44. The van der Waals surface area contributed by atoms with Crippen LogP contribution in [-0.4, -0.2) is 42.6 Å². The van der Waals surface area contributed by atoms with Crippen molar-refractivity contribution >= 4 is 0 Å². The SMILES string of the molecule is COCCOCCCn1ccc(=O)n(CCN)c1=O. The molecule has 0 saturated carbocycles. The van der Waals surface area contributed by atoms with Crippen LogP contribution in [0.15, 0.2) is 21.9 Å². The number of hydrogen-bond donors (Lipinski definition) is 1. The van der Waals surface area contributed by atoms with Gasteiger partial charge in [-0.3, -0.25) is 9.36 Å².